The number of carbonyl (C=O) groups is 1. The van der Waals surface area contributed by atoms with E-state index in [4.69, 9.17) is 0 Å². The van der Waals surface area contributed by atoms with Crippen LogP contribution in [0, 0.1) is 5.92 Å². The zero-order valence-electron chi connectivity index (χ0n) is 12.0. The minimum Gasteiger partial charge on any atom is -0.394 e. The molecule has 5 nitrogen and oxygen atoms in total. The van der Waals surface area contributed by atoms with Crippen molar-refractivity contribution in [2.24, 2.45) is 5.92 Å². The first-order chi connectivity index (χ1) is 9.62. The fourth-order valence-electron chi connectivity index (χ4n) is 3.15. The number of carbonyl (C=O) groups excluding carboxylic acids is 1. The van der Waals surface area contributed by atoms with Crippen molar-refractivity contribution < 1.29 is 9.90 Å². The van der Waals surface area contributed by atoms with Gasteiger partial charge in [-0.15, -0.1) is 0 Å². The molecule has 0 saturated heterocycles. The van der Waals surface area contributed by atoms with Gasteiger partial charge < -0.3 is 10.4 Å². The van der Waals surface area contributed by atoms with E-state index >= 15 is 0 Å². The van der Waals surface area contributed by atoms with Crippen molar-refractivity contribution >= 4 is 5.91 Å². The zero-order chi connectivity index (χ0) is 14.2. The number of hydrogen-bond donors (Lipinski definition) is 2. The number of nitrogens with zero attached hydrogens (tertiary/aromatic N) is 2. The van der Waals surface area contributed by atoms with E-state index in [-0.39, 0.29) is 12.5 Å². The first-order valence-electron chi connectivity index (χ1n) is 7.61. The fraction of sp³-hybridized carbons (Fsp3) is 0.733. The molecule has 3 rings (SSSR count). The number of rotatable bonds is 5. The van der Waals surface area contributed by atoms with Crippen LogP contribution >= 0.6 is 0 Å². The quantitative estimate of drug-likeness (QED) is 0.863. The maximum Gasteiger partial charge on any atom is 0.272 e. The molecule has 20 heavy (non-hydrogen) atoms. The number of nitrogens with one attached hydrogen (secondary N) is 1. The third-order valence-corrected chi connectivity index (χ3v) is 4.75. The summed E-state index contributed by atoms with van der Waals surface area (Å²) in [4.78, 5) is 12.3. The van der Waals surface area contributed by atoms with Gasteiger partial charge in [0.05, 0.1) is 18.2 Å². The van der Waals surface area contributed by atoms with Gasteiger partial charge in [0, 0.05) is 6.20 Å². The second-order valence-corrected chi connectivity index (χ2v) is 6.42. The highest BCUT2D eigenvalue weighted by molar-refractivity contribution is 5.92. The normalized spacial score (nSPS) is 22.7. The lowest BCUT2D eigenvalue weighted by Gasteiger charge is -2.28. The standard InChI is InChI=1S/C15H23N3O2/c1-15(10-19,11-6-7-11)16-14(20)13-8-9-18(17-13)12-4-2-3-5-12/h8-9,11-12,19H,2-7,10H2,1H3,(H,16,20). The highest BCUT2D eigenvalue weighted by atomic mass is 16.3. The van der Waals surface area contributed by atoms with E-state index in [1.807, 2.05) is 17.8 Å². The Balaban J connectivity index is 1.67. The minimum atomic E-state index is -0.506. The van der Waals surface area contributed by atoms with Crippen molar-refractivity contribution in [3.63, 3.8) is 0 Å². The molecule has 2 aliphatic carbocycles. The molecule has 0 spiro atoms. The third kappa shape index (κ3) is 2.59. The Labute approximate surface area is 119 Å². The van der Waals surface area contributed by atoms with Gasteiger partial charge in [-0.1, -0.05) is 12.8 Å². The van der Waals surface area contributed by atoms with Gasteiger partial charge in [-0.05, 0) is 44.6 Å². The lowest BCUT2D eigenvalue weighted by Crippen LogP contribution is -2.50. The van der Waals surface area contributed by atoms with E-state index in [1.165, 1.54) is 12.8 Å². The number of hydrogen-bond acceptors (Lipinski definition) is 3. The number of aromatic nitrogens is 2. The van der Waals surface area contributed by atoms with E-state index in [9.17, 15) is 9.90 Å². The molecular formula is C15H23N3O2. The van der Waals surface area contributed by atoms with Gasteiger partial charge in [-0.2, -0.15) is 5.10 Å². The Morgan fingerprint density at radius 3 is 2.75 bits per heavy atom. The van der Waals surface area contributed by atoms with Crippen molar-refractivity contribution in [3.05, 3.63) is 18.0 Å². The summed E-state index contributed by atoms with van der Waals surface area (Å²) in [6.07, 6.45) is 8.85. The molecule has 1 amide bonds. The molecule has 0 radical (unpaired) electrons. The largest absolute Gasteiger partial charge is 0.394 e. The van der Waals surface area contributed by atoms with Crippen LogP contribution in [-0.2, 0) is 0 Å². The molecule has 0 bridgehead atoms. The minimum absolute atomic E-state index is 0.0211. The Kier molecular flexibility index (Phi) is 3.54. The number of amides is 1. The van der Waals surface area contributed by atoms with Crippen LogP contribution in [0.3, 0.4) is 0 Å². The van der Waals surface area contributed by atoms with Crippen molar-refractivity contribution in [2.45, 2.75) is 57.0 Å². The molecule has 0 aliphatic heterocycles. The van der Waals surface area contributed by atoms with Crippen LogP contribution in [0.2, 0.25) is 0 Å². The Morgan fingerprint density at radius 1 is 1.45 bits per heavy atom. The summed E-state index contributed by atoms with van der Waals surface area (Å²) in [6.45, 7) is 1.89. The molecule has 2 N–H and O–H groups in total. The van der Waals surface area contributed by atoms with Crippen LogP contribution in [0.5, 0.6) is 0 Å². The van der Waals surface area contributed by atoms with E-state index in [0.717, 1.165) is 25.7 Å². The van der Waals surface area contributed by atoms with Crippen LogP contribution in [-0.4, -0.2) is 32.9 Å². The molecule has 2 fully saturated rings. The summed E-state index contributed by atoms with van der Waals surface area (Å²) < 4.78 is 1.93. The van der Waals surface area contributed by atoms with Crippen molar-refractivity contribution in [1.82, 2.24) is 15.1 Å². The summed E-state index contributed by atoms with van der Waals surface area (Å²) >= 11 is 0. The number of aliphatic hydroxyl groups is 1. The zero-order valence-corrected chi connectivity index (χ0v) is 12.0. The molecule has 2 saturated carbocycles. The maximum absolute atomic E-state index is 12.3. The molecule has 1 aromatic rings. The van der Waals surface area contributed by atoms with Gasteiger partial charge in [0.2, 0.25) is 0 Å². The highest BCUT2D eigenvalue weighted by Gasteiger charge is 2.42. The predicted molar refractivity (Wildman–Crippen MR) is 75.4 cm³/mol. The third-order valence-electron chi connectivity index (χ3n) is 4.75. The molecule has 1 aromatic heterocycles. The van der Waals surface area contributed by atoms with Crippen LogP contribution in [0.15, 0.2) is 12.3 Å². The first-order valence-corrected chi connectivity index (χ1v) is 7.61. The average Bonchev–Trinajstić information content (AvgIpc) is 2.97. The van der Waals surface area contributed by atoms with Crippen molar-refractivity contribution in [3.8, 4) is 0 Å². The molecular weight excluding hydrogens is 254 g/mol. The van der Waals surface area contributed by atoms with E-state index < -0.39 is 5.54 Å². The highest BCUT2D eigenvalue weighted by Crippen LogP contribution is 2.39. The summed E-state index contributed by atoms with van der Waals surface area (Å²) in [6, 6.07) is 2.22. The Bertz CT molecular complexity index is 489. The fourth-order valence-corrected chi connectivity index (χ4v) is 3.15. The number of aliphatic hydroxyl groups excluding tert-OH is 1. The summed E-state index contributed by atoms with van der Waals surface area (Å²) in [5.41, 5.74) is -0.0500. The van der Waals surface area contributed by atoms with Gasteiger partial charge in [0.25, 0.3) is 5.91 Å². The molecule has 0 aromatic carbocycles. The molecule has 1 atom stereocenters. The van der Waals surface area contributed by atoms with Crippen LogP contribution in [0.1, 0.15) is 62.0 Å². The average molecular weight is 277 g/mol. The van der Waals surface area contributed by atoms with Gasteiger partial charge in [0.15, 0.2) is 0 Å². The molecule has 1 heterocycles. The summed E-state index contributed by atoms with van der Waals surface area (Å²) in [5.74, 6) is 0.221. The van der Waals surface area contributed by atoms with Gasteiger partial charge in [-0.3, -0.25) is 9.48 Å². The summed E-state index contributed by atoms with van der Waals surface area (Å²) in [7, 11) is 0. The van der Waals surface area contributed by atoms with Crippen molar-refractivity contribution in [1.29, 1.82) is 0 Å². The van der Waals surface area contributed by atoms with Gasteiger partial charge >= 0.3 is 0 Å². The smallest absolute Gasteiger partial charge is 0.272 e. The predicted octanol–water partition coefficient (Wildman–Crippen LogP) is 1.89. The Morgan fingerprint density at radius 2 is 2.15 bits per heavy atom. The maximum atomic E-state index is 12.3. The molecule has 1 unspecified atom stereocenters. The van der Waals surface area contributed by atoms with Crippen molar-refractivity contribution in [2.75, 3.05) is 6.61 Å². The van der Waals surface area contributed by atoms with E-state index in [1.54, 1.807) is 6.07 Å². The molecule has 110 valence electrons. The topological polar surface area (TPSA) is 67.2 Å². The SMILES string of the molecule is CC(CO)(NC(=O)c1ccn(C2CCCC2)n1)C1CC1. The Hall–Kier alpha value is -1.36. The van der Waals surface area contributed by atoms with Gasteiger partial charge in [0.1, 0.15) is 5.69 Å². The molecule has 2 aliphatic rings. The van der Waals surface area contributed by atoms with Gasteiger partial charge in [-0.25, -0.2) is 0 Å². The first kappa shape index (κ1) is 13.6. The van der Waals surface area contributed by atoms with Crippen LogP contribution in [0.4, 0.5) is 0 Å². The monoisotopic (exact) mass is 277 g/mol. The van der Waals surface area contributed by atoms with Crippen LogP contribution in [0.25, 0.3) is 0 Å². The van der Waals surface area contributed by atoms with E-state index in [0.29, 0.717) is 17.7 Å². The lowest BCUT2D eigenvalue weighted by molar-refractivity contribution is 0.0818. The van der Waals surface area contributed by atoms with E-state index in [2.05, 4.69) is 10.4 Å². The summed E-state index contributed by atoms with van der Waals surface area (Å²) in [5, 5.41) is 16.9. The second kappa shape index (κ2) is 5.20. The lowest BCUT2D eigenvalue weighted by atomic mass is 9.97. The van der Waals surface area contributed by atoms with Crippen LogP contribution < -0.4 is 5.32 Å². The second-order valence-electron chi connectivity index (χ2n) is 6.42. The molecule has 5 heteroatoms.